The van der Waals surface area contributed by atoms with Gasteiger partial charge in [0.25, 0.3) is 0 Å². The predicted molar refractivity (Wildman–Crippen MR) is 192 cm³/mol. The molecule has 0 amide bonds. The number of para-hydroxylation sites is 1. The van der Waals surface area contributed by atoms with Crippen LogP contribution in [0.2, 0.25) is 0 Å². The molecule has 0 aliphatic rings. The van der Waals surface area contributed by atoms with Crippen LogP contribution < -0.4 is 20.7 Å². The first-order valence-electron chi connectivity index (χ1n) is 15.7. The Morgan fingerprint density at radius 2 is 1.00 bits per heavy atom. The zero-order valence-corrected chi connectivity index (χ0v) is 26.7. The van der Waals surface area contributed by atoms with E-state index in [-0.39, 0.29) is 0 Å². The number of hydrogen-bond acceptors (Lipinski definition) is 1. The lowest BCUT2D eigenvalue weighted by Gasteiger charge is -2.34. The highest BCUT2D eigenvalue weighted by molar-refractivity contribution is 7.19. The largest absolute Gasteiger partial charge is 0.299 e. The average molecular weight is 597 g/mol. The van der Waals surface area contributed by atoms with Crippen molar-refractivity contribution in [1.82, 2.24) is 9.55 Å². The van der Waals surface area contributed by atoms with Crippen LogP contribution in [0.1, 0.15) is 25.3 Å². The Morgan fingerprint density at radius 3 is 1.56 bits per heavy atom. The molecule has 0 aliphatic heterocycles. The number of hydrogen-bond donors (Lipinski definition) is 0. The summed E-state index contributed by atoms with van der Waals surface area (Å²) in [5.74, 6) is 1.29. The summed E-state index contributed by atoms with van der Waals surface area (Å²) in [7, 11) is -2.67. The molecule has 0 aliphatic carbocycles. The van der Waals surface area contributed by atoms with Crippen LogP contribution in [-0.4, -0.2) is 17.6 Å². The summed E-state index contributed by atoms with van der Waals surface area (Å²) in [6.07, 6.45) is 4.05. The zero-order chi connectivity index (χ0) is 30.6. The molecule has 2 nitrogen and oxygen atoms in total. The molecule has 218 valence electrons. The maximum Gasteiger partial charge on any atom is 0.179 e. The number of imidazole rings is 1. The molecule has 0 spiro atoms. The maximum atomic E-state index is 5.02. The van der Waals surface area contributed by atoms with E-state index in [2.05, 4.69) is 188 Å². The third kappa shape index (κ3) is 5.15. The Labute approximate surface area is 267 Å². The first-order valence-corrected chi connectivity index (χ1v) is 17.7. The molecule has 0 atom stereocenters. The van der Waals surface area contributed by atoms with E-state index in [1.54, 1.807) is 0 Å². The van der Waals surface area contributed by atoms with Crippen molar-refractivity contribution in [3.05, 3.63) is 182 Å². The molecule has 0 fully saturated rings. The molecule has 6 aromatic carbocycles. The molecule has 45 heavy (non-hydrogen) atoms. The normalized spacial score (nSPS) is 11.5. The molecule has 0 radical (unpaired) electrons. The van der Waals surface area contributed by atoms with Crippen molar-refractivity contribution in [1.29, 1.82) is 0 Å². The standard InChI is InChI=1S/C42H36N2Si/c1-32(2)39-27-16-28-40(33-17-7-3-8-18-33)41(39)44-30-29-43-42(44)34-19-15-26-38(31-34)45(35-20-9-4-10-21-35,36-22-11-5-12-23-36)37-24-13-6-14-25-37/h3-32H,1-2H3. The summed E-state index contributed by atoms with van der Waals surface area (Å²) in [6.45, 7) is 4.54. The molecule has 7 rings (SSSR count). The van der Waals surface area contributed by atoms with E-state index in [9.17, 15) is 0 Å². The Kier molecular flexibility index (Phi) is 7.85. The van der Waals surface area contributed by atoms with Gasteiger partial charge >= 0.3 is 0 Å². The van der Waals surface area contributed by atoms with Gasteiger partial charge in [0.05, 0.1) is 5.69 Å². The van der Waals surface area contributed by atoms with Crippen LogP contribution in [0.3, 0.4) is 0 Å². The second-order valence-electron chi connectivity index (χ2n) is 11.8. The summed E-state index contributed by atoms with van der Waals surface area (Å²) in [5.41, 5.74) is 6.00. The average Bonchev–Trinajstić information content (AvgIpc) is 3.60. The second-order valence-corrected chi connectivity index (χ2v) is 15.6. The van der Waals surface area contributed by atoms with Crippen LogP contribution >= 0.6 is 0 Å². The summed E-state index contributed by atoms with van der Waals surface area (Å²) >= 11 is 0. The molecular formula is C42H36N2Si. The van der Waals surface area contributed by atoms with Crippen molar-refractivity contribution in [2.45, 2.75) is 19.8 Å². The highest BCUT2D eigenvalue weighted by atomic mass is 28.3. The van der Waals surface area contributed by atoms with Gasteiger partial charge in [0.2, 0.25) is 0 Å². The van der Waals surface area contributed by atoms with Gasteiger partial charge in [-0.1, -0.05) is 178 Å². The van der Waals surface area contributed by atoms with Gasteiger partial charge in [-0.2, -0.15) is 0 Å². The van der Waals surface area contributed by atoms with Gasteiger partial charge < -0.3 is 0 Å². The smallest absolute Gasteiger partial charge is 0.179 e. The lowest BCUT2D eigenvalue weighted by atomic mass is 9.94. The highest BCUT2D eigenvalue weighted by Crippen LogP contribution is 2.35. The third-order valence-electron chi connectivity index (χ3n) is 8.83. The van der Waals surface area contributed by atoms with Crippen LogP contribution in [0.25, 0.3) is 28.2 Å². The monoisotopic (exact) mass is 596 g/mol. The lowest BCUT2D eigenvalue weighted by molar-refractivity contribution is 0.848. The molecule has 0 N–H and O–H groups in total. The topological polar surface area (TPSA) is 17.8 Å². The van der Waals surface area contributed by atoms with Crippen LogP contribution in [0.4, 0.5) is 0 Å². The van der Waals surface area contributed by atoms with E-state index in [1.165, 1.54) is 43.1 Å². The summed E-state index contributed by atoms with van der Waals surface area (Å²) in [6, 6.07) is 59.8. The predicted octanol–water partition coefficient (Wildman–Crippen LogP) is 7.71. The molecule has 7 aromatic rings. The molecule has 3 heteroatoms. The van der Waals surface area contributed by atoms with Gasteiger partial charge in [-0.15, -0.1) is 0 Å². The van der Waals surface area contributed by atoms with E-state index in [0.717, 1.165) is 11.4 Å². The fourth-order valence-corrected chi connectivity index (χ4v) is 11.6. The minimum absolute atomic E-state index is 0.347. The fraction of sp³-hybridized carbons (Fsp3) is 0.0714. The van der Waals surface area contributed by atoms with Crippen molar-refractivity contribution in [2.75, 3.05) is 0 Å². The van der Waals surface area contributed by atoms with Gasteiger partial charge in [-0.25, -0.2) is 4.98 Å². The third-order valence-corrected chi connectivity index (χ3v) is 13.6. The number of aromatic nitrogens is 2. The van der Waals surface area contributed by atoms with Gasteiger partial charge in [0.1, 0.15) is 5.82 Å². The van der Waals surface area contributed by atoms with E-state index >= 15 is 0 Å². The van der Waals surface area contributed by atoms with Gasteiger partial charge in [0, 0.05) is 23.5 Å². The van der Waals surface area contributed by atoms with E-state index in [0.29, 0.717) is 5.92 Å². The van der Waals surface area contributed by atoms with Gasteiger partial charge in [-0.3, -0.25) is 4.57 Å². The van der Waals surface area contributed by atoms with Crippen LogP contribution in [0, 0.1) is 0 Å². The fourth-order valence-electron chi connectivity index (χ4n) is 6.80. The highest BCUT2D eigenvalue weighted by Gasteiger charge is 2.41. The second kappa shape index (κ2) is 12.4. The number of nitrogens with zero attached hydrogens (tertiary/aromatic N) is 2. The van der Waals surface area contributed by atoms with Crippen molar-refractivity contribution >= 4 is 28.8 Å². The quantitative estimate of drug-likeness (QED) is 0.130. The van der Waals surface area contributed by atoms with Crippen molar-refractivity contribution in [3.8, 4) is 28.2 Å². The lowest BCUT2D eigenvalue weighted by Crippen LogP contribution is -2.74. The van der Waals surface area contributed by atoms with E-state index in [1.807, 2.05) is 6.20 Å². The molecule has 0 bridgehead atoms. The van der Waals surface area contributed by atoms with Crippen LogP contribution in [0.5, 0.6) is 0 Å². The van der Waals surface area contributed by atoms with Crippen molar-refractivity contribution in [3.63, 3.8) is 0 Å². The minimum Gasteiger partial charge on any atom is -0.299 e. The van der Waals surface area contributed by atoms with Gasteiger partial charge in [-0.05, 0) is 37.8 Å². The molecule has 0 unspecified atom stereocenters. The first-order chi connectivity index (χ1) is 22.2. The van der Waals surface area contributed by atoms with Crippen LogP contribution in [0.15, 0.2) is 176 Å². The van der Waals surface area contributed by atoms with Crippen molar-refractivity contribution in [2.24, 2.45) is 0 Å². The molecule has 0 saturated heterocycles. The molecule has 1 heterocycles. The van der Waals surface area contributed by atoms with Crippen molar-refractivity contribution < 1.29 is 0 Å². The molecule has 0 saturated carbocycles. The Balaban J connectivity index is 1.48. The number of rotatable bonds is 8. The zero-order valence-electron chi connectivity index (χ0n) is 25.7. The SMILES string of the molecule is CC(C)c1cccc(-c2ccccc2)c1-n1ccnc1-c1cccc([Si](c2ccccc2)(c2ccccc2)c2ccccc2)c1. The van der Waals surface area contributed by atoms with E-state index in [4.69, 9.17) is 4.98 Å². The Bertz CT molecular complexity index is 1920. The number of benzene rings is 6. The molecular weight excluding hydrogens is 561 g/mol. The maximum absolute atomic E-state index is 5.02. The summed E-state index contributed by atoms with van der Waals surface area (Å²) in [4.78, 5) is 5.02. The van der Waals surface area contributed by atoms with E-state index < -0.39 is 8.07 Å². The molecule has 1 aromatic heterocycles. The minimum atomic E-state index is -2.67. The summed E-state index contributed by atoms with van der Waals surface area (Å²) in [5, 5.41) is 5.41. The Hall–Kier alpha value is -5.25. The van der Waals surface area contributed by atoms with Crippen LogP contribution in [-0.2, 0) is 0 Å². The first kappa shape index (κ1) is 28.5. The Morgan fingerprint density at radius 1 is 0.511 bits per heavy atom. The van der Waals surface area contributed by atoms with Gasteiger partial charge in [0.15, 0.2) is 8.07 Å². The summed E-state index contributed by atoms with van der Waals surface area (Å²) < 4.78 is 2.30.